The lowest BCUT2D eigenvalue weighted by Crippen LogP contribution is -2.50. The molecule has 186 valence electrons. The first-order chi connectivity index (χ1) is 16.2. The summed E-state index contributed by atoms with van der Waals surface area (Å²) in [6.07, 6.45) is 4.36. The highest BCUT2D eigenvalue weighted by Crippen LogP contribution is 2.37. The Morgan fingerprint density at radius 1 is 1.09 bits per heavy atom. The second kappa shape index (κ2) is 9.61. The van der Waals surface area contributed by atoms with Crippen molar-refractivity contribution in [3.8, 4) is 0 Å². The molecule has 1 N–H and O–H groups in total. The third-order valence-electron chi connectivity index (χ3n) is 7.33. The molecule has 1 spiro atoms. The topological polar surface area (TPSA) is 107 Å². The van der Waals surface area contributed by atoms with Crippen molar-refractivity contribution in [1.29, 1.82) is 0 Å². The molecule has 2 aliphatic heterocycles. The summed E-state index contributed by atoms with van der Waals surface area (Å²) in [6.45, 7) is 2.53. The molecule has 1 saturated carbocycles. The summed E-state index contributed by atoms with van der Waals surface area (Å²) in [5.74, 6) is -0.691. The van der Waals surface area contributed by atoms with E-state index in [-0.39, 0.29) is 42.9 Å². The number of hydrogen-bond donors (Lipinski definition) is 1. The molecule has 1 aromatic rings. The van der Waals surface area contributed by atoms with Crippen molar-refractivity contribution in [1.82, 2.24) is 19.4 Å². The van der Waals surface area contributed by atoms with E-state index >= 15 is 0 Å². The average molecular weight is 495 g/mol. The van der Waals surface area contributed by atoms with Gasteiger partial charge in [-0.1, -0.05) is 13.3 Å². The molecular weight excluding hydrogens is 463 g/mol. The van der Waals surface area contributed by atoms with Crippen LogP contribution < -0.4 is 5.32 Å². The average Bonchev–Trinajstić information content (AvgIpc) is 2.99. The van der Waals surface area contributed by atoms with Crippen molar-refractivity contribution in [2.24, 2.45) is 5.92 Å². The van der Waals surface area contributed by atoms with Crippen LogP contribution in [0.25, 0.3) is 0 Å². The Bertz CT molecular complexity index is 1050. The number of carbonyl (C=O) groups excluding carboxylic acids is 3. The highest BCUT2D eigenvalue weighted by molar-refractivity contribution is 7.89. The van der Waals surface area contributed by atoms with E-state index in [1.807, 2.05) is 0 Å². The maximum atomic E-state index is 13.2. The highest BCUT2D eigenvalue weighted by Gasteiger charge is 2.52. The summed E-state index contributed by atoms with van der Waals surface area (Å²) in [7, 11) is -3.82. The van der Waals surface area contributed by atoms with Crippen LogP contribution in [-0.2, 0) is 19.6 Å². The van der Waals surface area contributed by atoms with Gasteiger partial charge in [-0.15, -0.1) is 0 Å². The van der Waals surface area contributed by atoms with Gasteiger partial charge in [-0.05, 0) is 62.3 Å². The number of hydrogen-bond acceptors (Lipinski definition) is 5. The van der Waals surface area contributed by atoms with E-state index in [1.165, 1.54) is 21.3 Å². The van der Waals surface area contributed by atoms with Crippen LogP contribution in [0.5, 0.6) is 0 Å². The quantitative estimate of drug-likeness (QED) is 0.630. The number of benzene rings is 1. The largest absolute Gasteiger partial charge is 0.340 e. The number of carbonyl (C=O) groups is 3. The van der Waals surface area contributed by atoms with Gasteiger partial charge in [0.1, 0.15) is 17.9 Å². The zero-order valence-electron chi connectivity index (χ0n) is 19.3. The van der Waals surface area contributed by atoms with Gasteiger partial charge in [-0.3, -0.25) is 14.5 Å². The fraction of sp³-hybridized carbons (Fsp3) is 0.609. The van der Waals surface area contributed by atoms with E-state index in [0.717, 1.165) is 36.3 Å². The Morgan fingerprint density at radius 3 is 2.41 bits per heavy atom. The standard InChI is InChI=1S/C23H31FN4O5S/c1-2-17-8-10-23(11-9-17)21(30)28(22(31)25-23)16-20(29)26-12-3-13-27(15-14-26)34(32,33)19-6-4-18(24)5-7-19/h4-7,17H,2-3,8-16H2,1H3,(H,25,31). The number of rotatable bonds is 5. The van der Waals surface area contributed by atoms with E-state index < -0.39 is 27.4 Å². The molecule has 0 radical (unpaired) electrons. The van der Waals surface area contributed by atoms with Crippen molar-refractivity contribution in [2.75, 3.05) is 32.7 Å². The molecule has 11 heteroatoms. The summed E-state index contributed by atoms with van der Waals surface area (Å²) in [6, 6.07) is 4.10. The van der Waals surface area contributed by atoms with Gasteiger partial charge in [0.05, 0.1) is 4.90 Å². The smallest absolute Gasteiger partial charge is 0.325 e. The van der Waals surface area contributed by atoms with Crippen molar-refractivity contribution in [3.63, 3.8) is 0 Å². The van der Waals surface area contributed by atoms with E-state index in [1.54, 1.807) is 0 Å². The number of sulfonamides is 1. The van der Waals surface area contributed by atoms with Crippen LogP contribution in [0.1, 0.15) is 45.4 Å². The van der Waals surface area contributed by atoms with Crippen molar-refractivity contribution >= 4 is 27.9 Å². The lowest BCUT2D eigenvalue weighted by molar-refractivity contribution is -0.139. The number of amides is 4. The van der Waals surface area contributed by atoms with E-state index in [0.29, 0.717) is 31.7 Å². The lowest BCUT2D eigenvalue weighted by Gasteiger charge is -2.34. The molecule has 0 atom stereocenters. The van der Waals surface area contributed by atoms with Crippen LogP contribution in [0, 0.1) is 11.7 Å². The highest BCUT2D eigenvalue weighted by atomic mass is 32.2. The van der Waals surface area contributed by atoms with Gasteiger partial charge in [0.25, 0.3) is 5.91 Å². The van der Waals surface area contributed by atoms with Crippen LogP contribution in [0.15, 0.2) is 29.2 Å². The third-order valence-corrected chi connectivity index (χ3v) is 9.25. The molecule has 34 heavy (non-hydrogen) atoms. The van der Waals surface area contributed by atoms with Gasteiger partial charge >= 0.3 is 6.03 Å². The first-order valence-corrected chi connectivity index (χ1v) is 13.3. The van der Waals surface area contributed by atoms with Crippen molar-refractivity contribution in [2.45, 2.75) is 55.9 Å². The van der Waals surface area contributed by atoms with E-state index in [9.17, 15) is 27.2 Å². The Hall–Kier alpha value is -2.53. The number of nitrogens with one attached hydrogen (secondary N) is 1. The molecule has 1 aliphatic carbocycles. The zero-order valence-corrected chi connectivity index (χ0v) is 20.2. The Balaban J connectivity index is 1.37. The van der Waals surface area contributed by atoms with Crippen molar-refractivity contribution in [3.05, 3.63) is 30.1 Å². The molecule has 4 amide bonds. The molecule has 9 nitrogen and oxygen atoms in total. The number of imide groups is 1. The molecule has 1 aromatic carbocycles. The van der Waals surface area contributed by atoms with Gasteiger partial charge in [-0.25, -0.2) is 17.6 Å². The Morgan fingerprint density at radius 2 is 1.76 bits per heavy atom. The monoisotopic (exact) mass is 494 g/mol. The number of nitrogens with zero attached hydrogens (tertiary/aromatic N) is 3. The van der Waals surface area contributed by atoms with Crippen LogP contribution in [0.4, 0.5) is 9.18 Å². The van der Waals surface area contributed by atoms with E-state index in [4.69, 9.17) is 0 Å². The molecule has 3 aliphatic rings. The van der Waals surface area contributed by atoms with Gasteiger partial charge in [0, 0.05) is 26.2 Å². The van der Waals surface area contributed by atoms with Crippen LogP contribution in [-0.4, -0.2) is 78.6 Å². The van der Waals surface area contributed by atoms with Gasteiger partial charge in [0.15, 0.2) is 0 Å². The second-order valence-electron chi connectivity index (χ2n) is 9.35. The Kier molecular flexibility index (Phi) is 6.95. The minimum Gasteiger partial charge on any atom is -0.340 e. The number of halogens is 1. The summed E-state index contributed by atoms with van der Waals surface area (Å²) < 4.78 is 40.3. The molecule has 4 rings (SSSR count). The number of urea groups is 1. The molecule has 2 heterocycles. The van der Waals surface area contributed by atoms with Crippen LogP contribution >= 0.6 is 0 Å². The predicted molar refractivity (Wildman–Crippen MR) is 122 cm³/mol. The summed E-state index contributed by atoms with van der Waals surface area (Å²) in [5, 5.41) is 2.84. The zero-order chi connectivity index (χ0) is 24.5. The fourth-order valence-corrected chi connectivity index (χ4v) is 6.58. The minimum atomic E-state index is -3.82. The maximum absolute atomic E-state index is 13.2. The van der Waals surface area contributed by atoms with Crippen molar-refractivity contribution < 1.29 is 27.2 Å². The maximum Gasteiger partial charge on any atom is 0.325 e. The van der Waals surface area contributed by atoms with Crippen LogP contribution in [0.3, 0.4) is 0 Å². The molecule has 0 bridgehead atoms. The van der Waals surface area contributed by atoms with Gasteiger partial charge in [0.2, 0.25) is 15.9 Å². The molecule has 0 aromatic heterocycles. The summed E-state index contributed by atoms with van der Waals surface area (Å²) in [5.41, 5.74) is -0.901. The second-order valence-corrected chi connectivity index (χ2v) is 11.3. The molecule has 2 saturated heterocycles. The summed E-state index contributed by atoms with van der Waals surface area (Å²) >= 11 is 0. The summed E-state index contributed by atoms with van der Waals surface area (Å²) in [4.78, 5) is 41.1. The SMILES string of the molecule is CCC1CCC2(CC1)NC(=O)N(CC(=O)N1CCCN(S(=O)(=O)c3ccc(F)cc3)CC1)C2=O. The predicted octanol–water partition coefficient (Wildman–Crippen LogP) is 1.94. The molecule has 3 fully saturated rings. The first kappa shape index (κ1) is 24.6. The molecular formula is C23H31FN4O5S. The van der Waals surface area contributed by atoms with Gasteiger partial charge < -0.3 is 10.2 Å². The minimum absolute atomic E-state index is 0.00361. The van der Waals surface area contributed by atoms with E-state index in [2.05, 4.69) is 12.2 Å². The molecule has 0 unspecified atom stereocenters. The third kappa shape index (κ3) is 4.68. The first-order valence-electron chi connectivity index (χ1n) is 11.8. The fourth-order valence-electron chi connectivity index (χ4n) is 5.11. The van der Waals surface area contributed by atoms with Crippen LogP contribution in [0.2, 0.25) is 0 Å². The normalized spacial score (nSPS) is 26.6. The van der Waals surface area contributed by atoms with Gasteiger partial charge in [-0.2, -0.15) is 4.31 Å². The lowest BCUT2D eigenvalue weighted by atomic mass is 9.75. The Labute approximate surface area is 199 Å².